The Kier molecular flexibility index (Phi) is 7.43. The molecule has 55 heavy (non-hydrogen) atoms. The summed E-state index contributed by atoms with van der Waals surface area (Å²) >= 11 is 0. The molecule has 5 heterocycles. The average molecular weight is 702 g/mol. The van der Waals surface area contributed by atoms with Gasteiger partial charge in [-0.3, -0.25) is 19.9 Å². The van der Waals surface area contributed by atoms with Gasteiger partial charge in [0.15, 0.2) is 0 Å². The minimum atomic E-state index is 0.546. The number of aromatic nitrogens is 5. The maximum absolute atomic E-state index is 9.43. The lowest BCUT2D eigenvalue weighted by Crippen LogP contribution is -1.95. The smallest absolute Gasteiger partial charge is 0.0992 e. The minimum Gasteiger partial charge on any atom is -0.309 e. The van der Waals surface area contributed by atoms with Gasteiger partial charge in [-0.1, -0.05) is 78.9 Å². The number of nitriles is 2. The molecule has 0 unspecified atom stereocenters. The van der Waals surface area contributed by atoms with Gasteiger partial charge in [0.05, 0.1) is 57.1 Å². The van der Waals surface area contributed by atoms with Crippen molar-refractivity contribution in [2.45, 2.75) is 0 Å². The van der Waals surface area contributed by atoms with E-state index in [4.69, 9.17) is 9.97 Å². The van der Waals surface area contributed by atoms with Crippen molar-refractivity contribution >= 4 is 43.4 Å². The van der Waals surface area contributed by atoms with Crippen molar-refractivity contribution in [3.63, 3.8) is 0 Å². The third kappa shape index (κ3) is 5.27. The van der Waals surface area contributed by atoms with Crippen LogP contribution < -0.4 is 0 Å². The normalized spacial score (nSPS) is 11.2. The first-order chi connectivity index (χ1) is 27.2. The van der Waals surface area contributed by atoms with Crippen LogP contribution in [0.4, 0.5) is 0 Å². The highest BCUT2D eigenvalue weighted by atomic mass is 15.0. The monoisotopic (exact) mass is 701 g/mol. The van der Waals surface area contributed by atoms with Crippen LogP contribution in [0.3, 0.4) is 0 Å². The summed E-state index contributed by atoms with van der Waals surface area (Å²) in [4.78, 5) is 18.6. The largest absolute Gasteiger partial charge is 0.309 e. The van der Waals surface area contributed by atoms with Gasteiger partial charge in [0.25, 0.3) is 0 Å². The van der Waals surface area contributed by atoms with E-state index >= 15 is 0 Å². The number of para-hydroxylation sites is 1. The second-order valence-corrected chi connectivity index (χ2v) is 13.3. The zero-order valence-electron chi connectivity index (χ0n) is 29.2. The lowest BCUT2D eigenvalue weighted by atomic mass is 9.92. The molecule has 5 aromatic heterocycles. The molecule has 0 spiro atoms. The Balaban J connectivity index is 1.23. The third-order valence-corrected chi connectivity index (χ3v) is 10.2. The maximum Gasteiger partial charge on any atom is 0.0992 e. The molecule has 0 aliphatic carbocycles. The molecule has 10 rings (SSSR count). The molecule has 254 valence electrons. The van der Waals surface area contributed by atoms with E-state index in [1.807, 2.05) is 30.6 Å². The summed E-state index contributed by atoms with van der Waals surface area (Å²) in [6.45, 7) is 0. The molecule has 0 N–H and O–H groups in total. The van der Waals surface area contributed by atoms with Gasteiger partial charge < -0.3 is 4.57 Å². The molecule has 0 fully saturated rings. The van der Waals surface area contributed by atoms with Gasteiger partial charge in [-0.05, 0) is 93.3 Å². The van der Waals surface area contributed by atoms with Crippen molar-refractivity contribution in [1.82, 2.24) is 24.5 Å². The van der Waals surface area contributed by atoms with E-state index < -0.39 is 0 Å². The second kappa shape index (κ2) is 12.9. The quantitative estimate of drug-likeness (QED) is 0.177. The van der Waals surface area contributed by atoms with Crippen molar-refractivity contribution in [2.75, 3.05) is 0 Å². The van der Waals surface area contributed by atoms with Crippen molar-refractivity contribution in [1.29, 1.82) is 10.5 Å². The van der Waals surface area contributed by atoms with E-state index in [-0.39, 0.29) is 0 Å². The van der Waals surface area contributed by atoms with Gasteiger partial charge in [0.1, 0.15) is 0 Å². The van der Waals surface area contributed by atoms with E-state index in [0.29, 0.717) is 33.9 Å². The molecule has 7 nitrogen and oxygen atoms in total. The van der Waals surface area contributed by atoms with Crippen molar-refractivity contribution in [2.24, 2.45) is 0 Å². The van der Waals surface area contributed by atoms with Crippen LogP contribution in [-0.4, -0.2) is 24.5 Å². The topological polar surface area (TPSA) is 104 Å². The van der Waals surface area contributed by atoms with E-state index in [1.165, 1.54) is 10.8 Å². The highest BCUT2D eigenvalue weighted by Crippen LogP contribution is 2.46. The van der Waals surface area contributed by atoms with Crippen LogP contribution >= 0.6 is 0 Å². The van der Waals surface area contributed by atoms with Crippen molar-refractivity contribution in [3.05, 3.63) is 175 Å². The Morgan fingerprint density at radius 3 is 1.31 bits per heavy atom. The maximum atomic E-state index is 9.43. The van der Waals surface area contributed by atoms with Crippen molar-refractivity contribution in [3.8, 4) is 62.9 Å². The summed E-state index contributed by atoms with van der Waals surface area (Å²) < 4.78 is 2.37. The van der Waals surface area contributed by atoms with Gasteiger partial charge in [-0.15, -0.1) is 0 Å². The zero-order chi connectivity index (χ0) is 36.9. The number of hydrogen-bond acceptors (Lipinski definition) is 6. The first kappa shape index (κ1) is 31.7. The van der Waals surface area contributed by atoms with Crippen molar-refractivity contribution < 1.29 is 0 Å². The Labute approximate surface area is 315 Å². The summed E-state index contributed by atoms with van der Waals surface area (Å²) in [6, 6.07) is 51.7. The molecule has 0 aliphatic rings. The van der Waals surface area contributed by atoms with E-state index in [9.17, 15) is 10.5 Å². The fraction of sp³-hybridized carbons (Fsp3) is 0. The standard InChI is InChI=1S/C48H27N7/c49-26-30-18-20-51-43(22-30)41-16-14-32(28-53-41)39-24-45-47(37-12-6-4-10-35(37)39)48-38-13-7-5-11-36(38)40(25-46(48)55(45)34-8-2-1-3-9-34)33-15-17-42(54-29-33)44-23-31(27-50)19-21-52-44/h1-25,28-29H. The Hall–Kier alpha value is -8.00. The van der Waals surface area contributed by atoms with Crippen LogP contribution in [0.1, 0.15) is 11.1 Å². The predicted molar refractivity (Wildman–Crippen MR) is 218 cm³/mol. The molecule has 5 aromatic carbocycles. The number of rotatable bonds is 5. The molecule has 0 amide bonds. The third-order valence-electron chi connectivity index (χ3n) is 10.2. The van der Waals surface area contributed by atoms with Gasteiger partial charge in [-0.2, -0.15) is 10.5 Å². The lowest BCUT2D eigenvalue weighted by Gasteiger charge is -2.13. The fourth-order valence-corrected chi connectivity index (χ4v) is 7.75. The number of pyridine rings is 4. The summed E-state index contributed by atoms with van der Waals surface area (Å²) in [5.41, 5.74) is 11.1. The SMILES string of the molecule is N#Cc1ccnc(-c2ccc(-c3cc4c(c5ccccc35)c3c5ccccc5c(-c5ccc(-c6cc(C#N)ccn6)nc5)cc3n4-c3ccccc3)cn2)c1. The Morgan fingerprint density at radius 1 is 0.418 bits per heavy atom. The highest BCUT2D eigenvalue weighted by Gasteiger charge is 2.22. The van der Waals surface area contributed by atoms with Crippen LogP contribution in [0.5, 0.6) is 0 Å². The average Bonchev–Trinajstić information content (AvgIpc) is 3.61. The minimum absolute atomic E-state index is 0.546. The van der Waals surface area contributed by atoms with Crippen LogP contribution in [-0.2, 0) is 0 Å². The number of nitrogens with zero attached hydrogens (tertiary/aromatic N) is 7. The molecule has 0 radical (unpaired) electrons. The first-order valence-electron chi connectivity index (χ1n) is 17.8. The van der Waals surface area contributed by atoms with Gasteiger partial charge in [0, 0.05) is 52.4 Å². The Morgan fingerprint density at radius 2 is 0.873 bits per heavy atom. The highest BCUT2D eigenvalue weighted by molar-refractivity contribution is 6.31. The second-order valence-electron chi connectivity index (χ2n) is 13.3. The lowest BCUT2D eigenvalue weighted by molar-refractivity contribution is 1.18. The molecular weight excluding hydrogens is 675 g/mol. The van der Waals surface area contributed by atoms with Crippen LogP contribution in [0.15, 0.2) is 164 Å². The molecule has 0 bridgehead atoms. The van der Waals surface area contributed by atoms with Crippen LogP contribution in [0, 0.1) is 22.7 Å². The molecule has 0 saturated heterocycles. The molecule has 10 aromatic rings. The predicted octanol–water partition coefficient (Wildman–Crippen LogP) is 11.1. The number of hydrogen-bond donors (Lipinski definition) is 0. The summed E-state index contributed by atoms with van der Waals surface area (Å²) in [6.07, 6.45) is 7.08. The first-order valence-corrected chi connectivity index (χ1v) is 17.8. The number of fused-ring (bicyclic) bond motifs is 7. The van der Waals surface area contributed by atoms with Crippen LogP contribution in [0.2, 0.25) is 0 Å². The van der Waals surface area contributed by atoms with Crippen LogP contribution in [0.25, 0.3) is 94.1 Å². The van der Waals surface area contributed by atoms with E-state index in [2.05, 4.69) is 124 Å². The molecule has 0 atom stereocenters. The van der Waals surface area contributed by atoms with Gasteiger partial charge >= 0.3 is 0 Å². The fourth-order valence-electron chi connectivity index (χ4n) is 7.75. The van der Waals surface area contributed by atoms with Gasteiger partial charge in [0.2, 0.25) is 0 Å². The number of benzene rings is 5. The van der Waals surface area contributed by atoms with E-state index in [1.54, 1.807) is 36.7 Å². The Bertz CT molecular complexity index is 3010. The summed E-state index contributed by atoms with van der Waals surface area (Å²) in [7, 11) is 0. The van der Waals surface area contributed by atoms with E-state index in [0.717, 1.165) is 60.5 Å². The molecule has 0 aliphatic heterocycles. The summed E-state index contributed by atoms with van der Waals surface area (Å²) in [5, 5.41) is 25.8. The molecule has 0 saturated carbocycles. The van der Waals surface area contributed by atoms with Gasteiger partial charge in [-0.25, -0.2) is 0 Å². The molecular formula is C48H27N7. The summed E-state index contributed by atoms with van der Waals surface area (Å²) in [5.74, 6) is 0. The molecule has 7 heteroatoms. The zero-order valence-corrected chi connectivity index (χ0v) is 29.2.